The van der Waals surface area contributed by atoms with Gasteiger partial charge in [-0.25, -0.2) is 0 Å². The molecular weight excluding hydrogens is 186 g/mol. The number of hydrogen-bond donors (Lipinski definition) is 1. The third-order valence-electron chi connectivity index (χ3n) is 2.10. The summed E-state index contributed by atoms with van der Waals surface area (Å²) in [5, 5.41) is 2.95. The van der Waals surface area contributed by atoms with Crippen LogP contribution in [0, 0.1) is 18.8 Å². The van der Waals surface area contributed by atoms with Crippen LogP contribution in [0.1, 0.15) is 28.4 Å². The van der Waals surface area contributed by atoms with Gasteiger partial charge in [-0.2, -0.15) is 0 Å². The number of hydrogen-bond acceptors (Lipinski definition) is 2. The molecule has 0 aromatic heterocycles. The Kier molecular flexibility index (Phi) is 4.08. The van der Waals surface area contributed by atoms with Gasteiger partial charge in [0.25, 0.3) is 0 Å². The summed E-state index contributed by atoms with van der Waals surface area (Å²) in [5.41, 5.74) is 2.71. The fourth-order valence-electron chi connectivity index (χ4n) is 1.37. The molecule has 1 N–H and O–H groups in total. The highest BCUT2D eigenvalue weighted by Crippen LogP contribution is 2.10. The Morgan fingerprint density at radius 1 is 1.47 bits per heavy atom. The minimum absolute atomic E-state index is 0.0993. The van der Waals surface area contributed by atoms with Crippen LogP contribution in [0.5, 0.6) is 0 Å². The van der Waals surface area contributed by atoms with Gasteiger partial charge >= 0.3 is 0 Å². The fourth-order valence-corrected chi connectivity index (χ4v) is 1.37. The largest absolute Gasteiger partial charge is 0.309 e. The third-order valence-corrected chi connectivity index (χ3v) is 2.10. The number of carbonyl (C=O) groups is 1. The molecule has 1 aromatic carbocycles. The van der Waals surface area contributed by atoms with E-state index in [9.17, 15) is 4.79 Å². The monoisotopic (exact) mass is 201 g/mol. The highest BCUT2D eigenvalue weighted by Gasteiger charge is 2.02. The van der Waals surface area contributed by atoms with Crippen molar-refractivity contribution in [2.75, 3.05) is 13.6 Å². The molecule has 15 heavy (non-hydrogen) atoms. The molecule has 0 spiro atoms. The molecule has 0 unspecified atom stereocenters. The van der Waals surface area contributed by atoms with Crippen molar-refractivity contribution < 1.29 is 4.79 Å². The maximum atomic E-state index is 11.2. The molecule has 0 saturated carbocycles. The normalized spacial score (nSPS) is 9.27. The molecule has 0 aliphatic carbocycles. The summed E-state index contributed by atoms with van der Waals surface area (Å²) in [6.45, 7) is 4.18. The molecule has 1 rings (SSSR count). The van der Waals surface area contributed by atoms with E-state index in [4.69, 9.17) is 0 Å². The van der Waals surface area contributed by atoms with Crippen molar-refractivity contribution in [3.63, 3.8) is 0 Å². The summed E-state index contributed by atoms with van der Waals surface area (Å²) < 4.78 is 0. The Bertz CT molecular complexity index is 424. The van der Waals surface area contributed by atoms with Crippen LogP contribution >= 0.6 is 0 Å². The van der Waals surface area contributed by atoms with Crippen LogP contribution in [0.15, 0.2) is 18.2 Å². The molecule has 0 fully saturated rings. The lowest BCUT2D eigenvalue weighted by molar-refractivity contribution is 0.101. The first kappa shape index (κ1) is 11.5. The summed E-state index contributed by atoms with van der Waals surface area (Å²) in [4.78, 5) is 11.2. The SMILES string of the molecule is CNCC#Cc1ccc(C(C)=O)c(C)c1. The van der Waals surface area contributed by atoms with Gasteiger partial charge in [-0.1, -0.05) is 11.8 Å². The molecular formula is C13H15NO. The van der Waals surface area contributed by atoms with Gasteiger partial charge in [-0.3, -0.25) is 4.79 Å². The van der Waals surface area contributed by atoms with E-state index in [1.807, 2.05) is 32.2 Å². The van der Waals surface area contributed by atoms with Gasteiger partial charge in [-0.05, 0) is 44.7 Å². The fraction of sp³-hybridized carbons (Fsp3) is 0.308. The smallest absolute Gasteiger partial charge is 0.160 e. The van der Waals surface area contributed by atoms with Crippen LogP contribution in [-0.4, -0.2) is 19.4 Å². The molecule has 0 atom stereocenters. The predicted octanol–water partition coefficient (Wildman–Crippen LogP) is 1.77. The number of benzene rings is 1. The zero-order chi connectivity index (χ0) is 11.3. The van der Waals surface area contributed by atoms with E-state index >= 15 is 0 Å². The second kappa shape index (κ2) is 5.33. The first-order valence-corrected chi connectivity index (χ1v) is 4.90. The predicted molar refractivity (Wildman–Crippen MR) is 62.0 cm³/mol. The zero-order valence-electron chi connectivity index (χ0n) is 9.35. The van der Waals surface area contributed by atoms with Crippen molar-refractivity contribution in [1.82, 2.24) is 5.32 Å². The Morgan fingerprint density at radius 3 is 2.73 bits per heavy atom. The summed E-state index contributed by atoms with van der Waals surface area (Å²) in [7, 11) is 1.86. The molecule has 2 heteroatoms. The van der Waals surface area contributed by atoms with E-state index in [1.165, 1.54) is 0 Å². The Morgan fingerprint density at radius 2 is 2.20 bits per heavy atom. The van der Waals surface area contributed by atoms with Gasteiger partial charge in [0.2, 0.25) is 0 Å². The minimum atomic E-state index is 0.0993. The summed E-state index contributed by atoms with van der Waals surface area (Å²) in [5.74, 6) is 6.11. The Hall–Kier alpha value is -1.59. The van der Waals surface area contributed by atoms with E-state index < -0.39 is 0 Å². The number of ketones is 1. The third kappa shape index (κ3) is 3.23. The number of carbonyl (C=O) groups excluding carboxylic acids is 1. The van der Waals surface area contributed by atoms with Crippen molar-refractivity contribution >= 4 is 5.78 Å². The quantitative estimate of drug-likeness (QED) is 0.583. The molecule has 0 aliphatic rings. The molecule has 0 radical (unpaired) electrons. The van der Waals surface area contributed by atoms with Crippen LogP contribution in [0.2, 0.25) is 0 Å². The lowest BCUT2D eigenvalue weighted by Crippen LogP contribution is -2.04. The van der Waals surface area contributed by atoms with Gasteiger partial charge in [-0.15, -0.1) is 0 Å². The highest BCUT2D eigenvalue weighted by atomic mass is 16.1. The van der Waals surface area contributed by atoms with Crippen LogP contribution in [-0.2, 0) is 0 Å². The van der Waals surface area contributed by atoms with Crippen LogP contribution in [0.3, 0.4) is 0 Å². The number of rotatable bonds is 2. The molecule has 0 aliphatic heterocycles. The van der Waals surface area contributed by atoms with Gasteiger partial charge in [0.05, 0.1) is 6.54 Å². The standard InChI is InChI=1S/C13H15NO/c1-10-9-12(5-4-8-14-3)6-7-13(10)11(2)15/h6-7,9,14H,8H2,1-3H3. The topological polar surface area (TPSA) is 29.1 Å². The Balaban J connectivity index is 2.93. The minimum Gasteiger partial charge on any atom is -0.309 e. The maximum absolute atomic E-state index is 11.2. The van der Waals surface area contributed by atoms with Crippen LogP contribution in [0.4, 0.5) is 0 Å². The van der Waals surface area contributed by atoms with Gasteiger partial charge in [0.1, 0.15) is 0 Å². The Labute approximate surface area is 90.7 Å². The van der Waals surface area contributed by atoms with Crippen molar-refractivity contribution in [2.45, 2.75) is 13.8 Å². The molecule has 1 aromatic rings. The molecule has 0 saturated heterocycles. The summed E-state index contributed by atoms with van der Waals surface area (Å²) in [6, 6.07) is 5.66. The number of nitrogens with one attached hydrogen (secondary N) is 1. The first-order chi connectivity index (χ1) is 7.15. The van der Waals surface area contributed by atoms with E-state index in [-0.39, 0.29) is 5.78 Å². The van der Waals surface area contributed by atoms with E-state index in [1.54, 1.807) is 6.92 Å². The van der Waals surface area contributed by atoms with Crippen molar-refractivity contribution in [3.05, 3.63) is 34.9 Å². The molecule has 0 heterocycles. The summed E-state index contributed by atoms with van der Waals surface area (Å²) in [6.07, 6.45) is 0. The summed E-state index contributed by atoms with van der Waals surface area (Å²) >= 11 is 0. The van der Waals surface area contributed by atoms with Crippen LogP contribution < -0.4 is 5.32 Å². The van der Waals surface area contributed by atoms with Crippen molar-refractivity contribution in [3.8, 4) is 11.8 Å². The molecule has 0 amide bonds. The molecule has 2 nitrogen and oxygen atoms in total. The van der Waals surface area contributed by atoms with Crippen molar-refractivity contribution in [2.24, 2.45) is 0 Å². The first-order valence-electron chi connectivity index (χ1n) is 4.90. The van der Waals surface area contributed by atoms with E-state index in [0.29, 0.717) is 6.54 Å². The average molecular weight is 201 g/mol. The average Bonchev–Trinajstić information content (AvgIpc) is 2.17. The molecule has 0 bridgehead atoms. The van der Waals surface area contributed by atoms with E-state index in [0.717, 1.165) is 16.7 Å². The molecule has 78 valence electrons. The number of aryl methyl sites for hydroxylation is 1. The second-order valence-electron chi connectivity index (χ2n) is 3.42. The van der Waals surface area contributed by atoms with Gasteiger partial charge < -0.3 is 5.32 Å². The number of Topliss-reactive ketones (excluding diaryl/α,β-unsaturated/α-hetero) is 1. The van der Waals surface area contributed by atoms with Gasteiger partial charge in [0.15, 0.2) is 5.78 Å². The highest BCUT2D eigenvalue weighted by molar-refractivity contribution is 5.95. The van der Waals surface area contributed by atoms with Gasteiger partial charge in [0, 0.05) is 11.1 Å². The van der Waals surface area contributed by atoms with Crippen LogP contribution in [0.25, 0.3) is 0 Å². The van der Waals surface area contributed by atoms with E-state index in [2.05, 4.69) is 17.2 Å². The lowest BCUT2D eigenvalue weighted by atomic mass is 10.0. The van der Waals surface area contributed by atoms with Crippen molar-refractivity contribution in [1.29, 1.82) is 0 Å². The zero-order valence-corrected chi connectivity index (χ0v) is 9.35. The second-order valence-corrected chi connectivity index (χ2v) is 3.42. The maximum Gasteiger partial charge on any atom is 0.160 e. The lowest BCUT2D eigenvalue weighted by Gasteiger charge is -2.01.